The lowest BCUT2D eigenvalue weighted by Crippen LogP contribution is -2.19. The van der Waals surface area contributed by atoms with Gasteiger partial charge in [-0.1, -0.05) is 25.0 Å². The number of fused-ring (bicyclic) bond motifs is 2. The summed E-state index contributed by atoms with van der Waals surface area (Å²) in [6, 6.07) is 12.5. The molecule has 160 valence electrons. The SMILES string of the molecule is O=C(CC1CCCC1)Nc1c(C(=O)Nc2ccc3c(c2)OCCO3)oc2ccccc12. The number of para-hydroxylation sites is 1. The van der Waals surface area contributed by atoms with Crippen LogP contribution in [-0.4, -0.2) is 25.0 Å². The van der Waals surface area contributed by atoms with Crippen LogP contribution in [-0.2, 0) is 4.79 Å². The van der Waals surface area contributed by atoms with Crippen molar-refractivity contribution in [3.05, 3.63) is 48.2 Å². The van der Waals surface area contributed by atoms with E-state index in [1.807, 2.05) is 18.2 Å². The van der Waals surface area contributed by atoms with Gasteiger partial charge in [0.2, 0.25) is 11.7 Å². The number of carbonyl (C=O) groups excluding carboxylic acids is 2. The van der Waals surface area contributed by atoms with Gasteiger partial charge in [0, 0.05) is 23.6 Å². The quantitative estimate of drug-likeness (QED) is 0.608. The second-order valence-electron chi connectivity index (χ2n) is 8.02. The summed E-state index contributed by atoms with van der Waals surface area (Å²) in [7, 11) is 0. The lowest BCUT2D eigenvalue weighted by molar-refractivity contribution is -0.117. The molecule has 2 amide bonds. The Morgan fingerprint density at radius 2 is 1.71 bits per heavy atom. The molecule has 3 aromatic rings. The number of rotatable bonds is 5. The van der Waals surface area contributed by atoms with Crippen molar-refractivity contribution in [2.45, 2.75) is 32.1 Å². The highest BCUT2D eigenvalue weighted by Gasteiger charge is 2.25. The van der Waals surface area contributed by atoms with Crippen molar-refractivity contribution in [1.82, 2.24) is 0 Å². The highest BCUT2D eigenvalue weighted by Crippen LogP contribution is 2.35. The third kappa shape index (κ3) is 4.08. The molecular weight excluding hydrogens is 396 g/mol. The summed E-state index contributed by atoms with van der Waals surface area (Å²) in [6.45, 7) is 0.965. The molecule has 2 heterocycles. The van der Waals surface area contributed by atoms with Crippen LogP contribution < -0.4 is 20.1 Å². The van der Waals surface area contributed by atoms with Crippen molar-refractivity contribution in [2.24, 2.45) is 5.92 Å². The standard InChI is InChI=1S/C24H24N2O5/c27-21(13-15-5-1-2-6-15)26-22-17-7-3-4-8-18(17)31-23(22)24(28)25-16-9-10-19-20(14-16)30-12-11-29-19/h3-4,7-10,14-15H,1-2,5-6,11-13H2,(H,25,28)(H,26,27). The minimum Gasteiger partial charge on any atom is -0.486 e. The van der Waals surface area contributed by atoms with Crippen molar-refractivity contribution < 1.29 is 23.5 Å². The first-order valence-electron chi connectivity index (χ1n) is 10.7. The fraction of sp³-hybridized carbons (Fsp3) is 0.333. The van der Waals surface area contributed by atoms with E-state index in [0.29, 0.717) is 59.4 Å². The number of ether oxygens (including phenoxy) is 2. The molecule has 1 aromatic heterocycles. The number of carbonyl (C=O) groups is 2. The molecule has 0 saturated heterocycles. The highest BCUT2D eigenvalue weighted by molar-refractivity contribution is 6.14. The van der Waals surface area contributed by atoms with E-state index in [-0.39, 0.29) is 11.7 Å². The van der Waals surface area contributed by atoms with Gasteiger partial charge in [0.1, 0.15) is 24.5 Å². The Bertz CT molecular complexity index is 1130. The third-order valence-corrected chi connectivity index (χ3v) is 5.81. The Morgan fingerprint density at radius 1 is 0.935 bits per heavy atom. The molecule has 0 unspecified atom stereocenters. The van der Waals surface area contributed by atoms with Gasteiger partial charge in [-0.2, -0.15) is 0 Å². The van der Waals surface area contributed by atoms with Crippen LogP contribution in [0.25, 0.3) is 11.0 Å². The summed E-state index contributed by atoms with van der Waals surface area (Å²) in [5, 5.41) is 6.48. The number of anilines is 2. The molecule has 2 aliphatic rings. The maximum atomic E-state index is 13.1. The van der Waals surface area contributed by atoms with Crippen LogP contribution in [0.5, 0.6) is 11.5 Å². The van der Waals surface area contributed by atoms with Gasteiger partial charge >= 0.3 is 0 Å². The summed E-state index contributed by atoms with van der Waals surface area (Å²) in [4.78, 5) is 25.8. The average molecular weight is 420 g/mol. The van der Waals surface area contributed by atoms with Gasteiger partial charge in [-0.15, -0.1) is 0 Å². The van der Waals surface area contributed by atoms with Crippen LogP contribution in [0.4, 0.5) is 11.4 Å². The molecule has 0 radical (unpaired) electrons. The normalized spacial score (nSPS) is 15.7. The van der Waals surface area contributed by atoms with E-state index in [1.165, 1.54) is 12.8 Å². The van der Waals surface area contributed by atoms with Gasteiger partial charge in [-0.3, -0.25) is 9.59 Å². The van der Waals surface area contributed by atoms with E-state index < -0.39 is 5.91 Å². The Balaban J connectivity index is 1.40. The minimum absolute atomic E-state index is 0.0795. The second kappa shape index (κ2) is 8.34. The third-order valence-electron chi connectivity index (χ3n) is 5.81. The number of amides is 2. The summed E-state index contributed by atoms with van der Waals surface area (Å²) < 4.78 is 16.9. The van der Waals surface area contributed by atoms with Gasteiger partial charge in [0.05, 0.1) is 0 Å². The molecule has 7 heteroatoms. The highest BCUT2D eigenvalue weighted by atomic mass is 16.6. The smallest absolute Gasteiger partial charge is 0.293 e. The maximum absolute atomic E-state index is 13.1. The lowest BCUT2D eigenvalue weighted by Gasteiger charge is -2.19. The van der Waals surface area contributed by atoms with Crippen molar-refractivity contribution >= 4 is 34.2 Å². The molecule has 1 aliphatic heterocycles. The van der Waals surface area contributed by atoms with Crippen LogP contribution in [0.15, 0.2) is 46.9 Å². The van der Waals surface area contributed by atoms with E-state index >= 15 is 0 Å². The Morgan fingerprint density at radius 3 is 2.55 bits per heavy atom. The molecule has 0 spiro atoms. The Hall–Kier alpha value is -3.48. The molecule has 5 rings (SSSR count). The Kier molecular flexibility index (Phi) is 5.24. The molecule has 31 heavy (non-hydrogen) atoms. The summed E-state index contributed by atoms with van der Waals surface area (Å²) in [6.07, 6.45) is 4.97. The fourth-order valence-corrected chi connectivity index (χ4v) is 4.31. The molecule has 2 N–H and O–H groups in total. The van der Waals surface area contributed by atoms with E-state index in [1.54, 1.807) is 24.3 Å². The number of furan rings is 1. The van der Waals surface area contributed by atoms with E-state index in [2.05, 4.69) is 10.6 Å². The predicted octanol–water partition coefficient (Wildman–Crippen LogP) is 4.98. The minimum atomic E-state index is -0.441. The first kappa shape index (κ1) is 19.5. The van der Waals surface area contributed by atoms with Gasteiger partial charge < -0.3 is 24.5 Å². The van der Waals surface area contributed by atoms with Crippen LogP contribution in [0.3, 0.4) is 0 Å². The first-order chi connectivity index (χ1) is 15.2. The number of hydrogen-bond acceptors (Lipinski definition) is 5. The predicted molar refractivity (Wildman–Crippen MR) is 117 cm³/mol. The molecule has 0 bridgehead atoms. The molecule has 7 nitrogen and oxygen atoms in total. The topological polar surface area (TPSA) is 89.8 Å². The Labute approximate surface area is 179 Å². The zero-order valence-electron chi connectivity index (χ0n) is 17.1. The molecular formula is C24H24N2O5. The van der Waals surface area contributed by atoms with E-state index in [4.69, 9.17) is 13.9 Å². The van der Waals surface area contributed by atoms with Gasteiger partial charge in [-0.25, -0.2) is 0 Å². The monoisotopic (exact) mass is 420 g/mol. The molecule has 2 aromatic carbocycles. The fourth-order valence-electron chi connectivity index (χ4n) is 4.31. The largest absolute Gasteiger partial charge is 0.486 e. The van der Waals surface area contributed by atoms with Gasteiger partial charge in [0.25, 0.3) is 5.91 Å². The second-order valence-corrected chi connectivity index (χ2v) is 8.02. The zero-order valence-corrected chi connectivity index (χ0v) is 17.1. The van der Waals surface area contributed by atoms with Crippen LogP contribution >= 0.6 is 0 Å². The van der Waals surface area contributed by atoms with Crippen LogP contribution in [0.2, 0.25) is 0 Å². The van der Waals surface area contributed by atoms with Crippen molar-refractivity contribution in [3.63, 3.8) is 0 Å². The first-order valence-corrected chi connectivity index (χ1v) is 10.7. The van der Waals surface area contributed by atoms with Crippen molar-refractivity contribution in [1.29, 1.82) is 0 Å². The summed E-state index contributed by atoms with van der Waals surface area (Å²) >= 11 is 0. The number of nitrogens with one attached hydrogen (secondary N) is 2. The molecule has 1 saturated carbocycles. The summed E-state index contributed by atoms with van der Waals surface area (Å²) in [5.41, 5.74) is 1.51. The van der Waals surface area contributed by atoms with Crippen molar-refractivity contribution in [3.8, 4) is 11.5 Å². The van der Waals surface area contributed by atoms with Crippen LogP contribution in [0, 0.1) is 5.92 Å². The van der Waals surface area contributed by atoms with Crippen LogP contribution in [0.1, 0.15) is 42.7 Å². The maximum Gasteiger partial charge on any atom is 0.293 e. The van der Waals surface area contributed by atoms with E-state index in [0.717, 1.165) is 12.8 Å². The van der Waals surface area contributed by atoms with Gasteiger partial charge in [0.15, 0.2) is 11.5 Å². The molecule has 1 aliphatic carbocycles. The zero-order chi connectivity index (χ0) is 21.2. The van der Waals surface area contributed by atoms with Gasteiger partial charge in [-0.05, 0) is 43.0 Å². The average Bonchev–Trinajstić information content (AvgIpc) is 3.42. The molecule has 1 fully saturated rings. The van der Waals surface area contributed by atoms with Crippen molar-refractivity contribution in [2.75, 3.05) is 23.8 Å². The number of benzene rings is 2. The molecule has 0 atom stereocenters. The summed E-state index contributed by atoms with van der Waals surface area (Å²) in [5.74, 6) is 1.19. The lowest BCUT2D eigenvalue weighted by atomic mass is 10.0. The van der Waals surface area contributed by atoms with E-state index in [9.17, 15) is 9.59 Å². The number of hydrogen-bond donors (Lipinski definition) is 2.